The summed E-state index contributed by atoms with van der Waals surface area (Å²) in [6.45, 7) is 3.48. The van der Waals surface area contributed by atoms with Crippen molar-refractivity contribution in [3.63, 3.8) is 0 Å². The molecule has 2 aromatic rings. The fourth-order valence-corrected chi connectivity index (χ4v) is 3.00. The van der Waals surface area contributed by atoms with Crippen LogP contribution < -0.4 is 16.2 Å². The molecule has 0 radical (unpaired) electrons. The third-order valence-corrected chi connectivity index (χ3v) is 4.09. The van der Waals surface area contributed by atoms with Gasteiger partial charge in [-0.15, -0.1) is 0 Å². The quantitative estimate of drug-likeness (QED) is 0.740. The molecule has 2 unspecified atom stereocenters. The Kier molecular flexibility index (Phi) is 4.36. The molecule has 0 aromatic carbocycles. The molecular formula is C16H19N5O2. The van der Waals surface area contributed by atoms with Gasteiger partial charge in [0.05, 0.1) is 5.39 Å². The van der Waals surface area contributed by atoms with Gasteiger partial charge in [0, 0.05) is 18.3 Å². The van der Waals surface area contributed by atoms with Crippen LogP contribution >= 0.6 is 0 Å². The number of nitrogens with zero attached hydrogens (tertiary/aromatic N) is 2. The molecule has 2 heterocycles. The number of aromatic amines is 1. The molecule has 1 aliphatic rings. The van der Waals surface area contributed by atoms with Crippen molar-refractivity contribution in [2.75, 3.05) is 5.32 Å². The maximum Gasteiger partial charge on any atom is 0.273 e. The first kappa shape index (κ1) is 15.2. The molecule has 2 aromatic heterocycles. The zero-order valence-corrected chi connectivity index (χ0v) is 12.7. The molecule has 120 valence electrons. The Balaban J connectivity index is 1.77. The molecule has 2 atom stereocenters. The van der Waals surface area contributed by atoms with E-state index >= 15 is 0 Å². The molecule has 0 saturated heterocycles. The maximum absolute atomic E-state index is 11.8. The summed E-state index contributed by atoms with van der Waals surface area (Å²) in [6.07, 6.45) is 6.68. The van der Waals surface area contributed by atoms with Crippen LogP contribution in [0, 0.1) is 0 Å². The number of pyridine rings is 1. The average Bonchev–Trinajstić information content (AvgIpc) is 2.58. The van der Waals surface area contributed by atoms with Gasteiger partial charge in [-0.1, -0.05) is 6.58 Å². The first-order valence-electron chi connectivity index (χ1n) is 7.70. The lowest BCUT2D eigenvalue weighted by Crippen LogP contribution is -2.41. The Morgan fingerprint density at radius 3 is 3.04 bits per heavy atom. The monoisotopic (exact) mass is 313 g/mol. The predicted octanol–water partition coefficient (Wildman–Crippen LogP) is 1.34. The van der Waals surface area contributed by atoms with Gasteiger partial charge in [-0.2, -0.15) is 5.10 Å². The molecule has 0 spiro atoms. The summed E-state index contributed by atoms with van der Waals surface area (Å²) in [6, 6.07) is 3.74. The largest absolute Gasteiger partial charge is 0.364 e. The number of fused-ring (bicyclic) bond motifs is 1. The van der Waals surface area contributed by atoms with Crippen LogP contribution in [0.4, 0.5) is 5.82 Å². The van der Waals surface area contributed by atoms with Gasteiger partial charge in [-0.3, -0.25) is 14.6 Å². The number of amides is 1. The van der Waals surface area contributed by atoms with E-state index < -0.39 is 0 Å². The van der Waals surface area contributed by atoms with E-state index in [4.69, 9.17) is 0 Å². The second kappa shape index (κ2) is 6.60. The molecule has 1 fully saturated rings. The van der Waals surface area contributed by atoms with Gasteiger partial charge in [0.1, 0.15) is 5.52 Å². The van der Waals surface area contributed by atoms with Gasteiger partial charge in [0.2, 0.25) is 5.91 Å². The minimum Gasteiger partial charge on any atom is -0.364 e. The Labute approximate surface area is 133 Å². The van der Waals surface area contributed by atoms with Crippen molar-refractivity contribution in [2.45, 2.75) is 37.8 Å². The fraction of sp³-hybridized carbons (Fsp3) is 0.375. The second-order valence-electron chi connectivity index (χ2n) is 5.72. The standard InChI is InChI=1S/C16H19N5O2/c1-2-13(22)18-10-5-3-6-11(9-10)19-15-14-12(7-4-8-17-14)16(23)21-20-15/h2,4,7-8,10-11H,1,3,5-6,9H2,(H,18,22)(H,19,20)(H,21,23). The zero-order valence-electron chi connectivity index (χ0n) is 12.7. The summed E-state index contributed by atoms with van der Waals surface area (Å²) >= 11 is 0. The van der Waals surface area contributed by atoms with E-state index in [-0.39, 0.29) is 23.6 Å². The molecule has 7 heteroatoms. The van der Waals surface area contributed by atoms with Crippen molar-refractivity contribution < 1.29 is 4.79 Å². The molecule has 3 rings (SSSR count). The number of hydrogen-bond donors (Lipinski definition) is 3. The molecule has 7 nitrogen and oxygen atoms in total. The topological polar surface area (TPSA) is 99.8 Å². The van der Waals surface area contributed by atoms with E-state index in [1.165, 1.54) is 6.08 Å². The van der Waals surface area contributed by atoms with E-state index in [0.29, 0.717) is 16.7 Å². The average molecular weight is 313 g/mol. The molecule has 1 aliphatic carbocycles. The van der Waals surface area contributed by atoms with Crippen molar-refractivity contribution in [3.8, 4) is 0 Å². The fourth-order valence-electron chi connectivity index (χ4n) is 3.00. The first-order chi connectivity index (χ1) is 11.2. The van der Waals surface area contributed by atoms with Crippen LogP contribution in [0.2, 0.25) is 0 Å². The number of H-pyrrole nitrogens is 1. The molecule has 1 saturated carbocycles. The minimum atomic E-state index is -0.251. The number of rotatable bonds is 4. The summed E-state index contributed by atoms with van der Waals surface area (Å²) in [7, 11) is 0. The van der Waals surface area contributed by atoms with E-state index in [0.717, 1.165) is 25.7 Å². The minimum absolute atomic E-state index is 0.119. The lowest BCUT2D eigenvalue weighted by molar-refractivity contribution is -0.117. The Morgan fingerprint density at radius 1 is 1.39 bits per heavy atom. The van der Waals surface area contributed by atoms with E-state index in [9.17, 15) is 9.59 Å². The lowest BCUT2D eigenvalue weighted by atomic mass is 9.91. The Bertz CT molecular complexity index is 785. The van der Waals surface area contributed by atoms with Crippen LogP contribution in [-0.2, 0) is 4.79 Å². The number of aromatic nitrogens is 3. The van der Waals surface area contributed by atoms with Crippen LogP contribution in [0.1, 0.15) is 25.7 Å². The van der Waals surface area contributed by atoms with Crippen LogP contribution in [0.5, 0.6) is 0 Å². The predicted molar refractivity (Wildman–Crippen MR) is 88.2 cm³/mol. The number of nitrogens with one attached hydrogen (secondary N) is 3. The molecular weight excluding hydrogens is 294 g/mol. The van der Waals surface area contributed by atoms with E-state index in [1.807, 2.05) is 0 Å². The summed E-state index contributed by atoms with van der Waals surface area (Å²) in [5.74, 6) is 0.422. The zero-order chi connectivity index (χ0) is 16.2. The molecule has 3 N–H and O–H groups in total. The van der Waals surface area contributed by atoms with Crippen molar-refractivity contribution in [1.29, 1.82) is 0 Å². The summed E-state index contributed by atoms with van der Waals surface area (Å²) in [5.41, 5.74) is 0.312. The normalized spacial score (nSPS) is 20.9. The number of hydrogen-bond acceptors (Lipinski definition) is 5. The van der Waals surface area contributed by atoms with Crippen molar-refractivity contribution in [3.05, 3.63) is 41.3 Å². The highest BCUT2D eigenvalue weighted by molar-refractivity contribution is 5.87. The summed E-state index contributed by atoms with van der Waals surface area (Å²) in [4.78, 5) is 27.5. The molecule has 23 heavy (non-hydrogen) atoms. The van der Waals surface area contributed by atoms with Gasteiger partial charge < -0.3 is 10.6 Å². The second-order valence-corrected chi connectivity index (χ2v) is 5.72. The highest BCUT2D eigenvalue weighted by Gasteiger charge is 2.23. The first-order valence-corrected chi connectivity index (χ1v) is 7.70. The third kappa shape index (κ3) is 3.39. The number of anilines is 1. The maximum atomic E-state index is 11.8. The van der Waals surface area contributed by atoms with Crippen LogP contribution in [-0.4, -0.2) is 33.2 Å². The van der Waals surface area contributed by atoms with Gasteiger partial charge in [0.15, 0.2) is 5.82 Å². The van der Waals surface area contributed by atoms with Gasteiger partial charge in [-0.05, 0) is 43.9 Å². The molecule has 0 aliphatic heterocycles. The smallest absolute Gasteiger partial charge is 0.273 e. The van der Waals surface area contributed by atoms with Crippen LogP contribution in [0.3, 0.4) is 0 Å². The number of carbonyl (C=O) groups excluding carboxylic acids is 1. The highest BCUT2D eigenvalue weighted by atomic mass is 16.1. The van der Waals surface area contributed by atoms with E-state index in [2.05, 4.69) is 32.4 Å². The van der Waals surface area contributed by atoms with Crippen LogP contribution in [0.15, 0.2) is 35.8 Å². The SMILES string of the molecule is C=CC(=O)NC1CCCC(Nc2n[nH]c(=O)c3cccnc23)C1. The molecule has 0 bridgehead atoms. The summed E-state index contributed by atoms with van der Waals surface area (Å²) < 4.78 is 0. The molecule has 1 amide bonds. The van der Waals surface area contributed by atoms with E-state index in [1.54, 1.807) is 18.3 Å². The van der Waals surface area contributed by atoms with Crippen molar-refractivity contribution in [2.24, 2.45) is 0 Å². The summed E-state index contributed by atoms with van der Waals surface area (Å²) in [5, 5.41) is 13.4. The van der Waals surface area contributed by atoms with Crippen molar-refractivity contribution >= 4 is 22.6 Å². The van der Waals surface area contributed by atoms with Crippen LogP contribution in [0.25, 0.3) is 10.9 Å². The Morgan fingerprint density at radius 2 is 2.22 bits per heavy atom. The van der Waals surface area contributed by atoms with Gasteiger partial charge in [0.25, 0.3) is 5.56 Å². The highest BCUT2D eigenvalue weighted by Crippen LogP contribution is 2.23. The number of carbonyl (C=O) groups is 1. The van der Waals surface area contributed by atoms with Crippen molar-refractivity contribution in [1.82, 2.24) is 20.5 Å². The third-order valence-electron chi connectivity index (χ3n) is 4.09. The van der Waals surface area contributed by atoms with Gasteiger partial charge in [-0.25, -0.2) is 5.10 Å². The lowest BCUT2D eigenvalue weighted by Gasteiger charge is -2.30. The Hall–Kier alpha value is -2.70. The van der Waals surface area contributed by atoms with Gasteiger partial charge >= 0.3 is 0 Å².